The van der Waals surface area contributed by atoms with Gasteiger partial charge in [-0.2, -0.15) is 0 Å². The summed E-state index contributed by atoms with van der Waals surface area (Å²) < 4.78 is 6.10. The topological polar surface area (TPSA) is 34.1 Å². The summed E-state index contributed by atoms with van der Waals surface area (Å²) in [7, 11) is 0. The maximum absolute atomic E-state index is 6.10. The standard InChI is InChI=1S/C16H26N2O/c1-4-17-12-13-11-15(7-10-18-13)19-14-5-8-16(2,3)9-6-14/h7,10-11,14,17H,4-6,8-9,12H2,1-3H3. The summed E-state index contributed by atoms with van der Waals surface area (Å²) >= 11 is 0. The van der Waals surface area contributed by atoms with Crippen LogP contribution in [-0.2, 0) is 6.54 Å². The largest absolute Gasteiger partial charge is 0.490 e. The van der Waals surface area contributed by atoms with Crippen molar-refractivity contribution in [2.45, 2.75) is 59.1 Å². The van der Waals surface area contributed by atoms with Crippen molar-refractivity contribution < 1.29 is 4.74 Å². The van der Waals surface area contributed by atoms with Crippen molar-refractivity contribution in [3.05, 3.63) is 24.0 Å². The molecule has 0 aliphatic heterocycles. The van der Waals surface area contributed by atoms with Gasteiger partial charge >= 0.3 is 0 Å². The highest BCUT2D eigenvalue weighted by Gasteiger charge is 2.27. The molecule has 0 bridgehead atoms. The first-order chi connectivity index (χ1) is 9.09. The van der Waals surface area contributed by atoms with Crippen LogP contribution in [0.3, 0.4) is 0 Å². The third-order valence-electron chi connectivity index (χ3n) is 3.93. The quantitative estimate of drug-likeness (QED) is 0.881. The predicted octanol–water partition coefficient (Wildman–Crippen LogP) is 3.54. The molecule has 0 saturated heterocycles. The Morgan fingerprint density at radius 3 is 2.79 bits per heavy atom. The number of rotatable bonds is 5. The first kappa shape index (κ1) is 14.3. The van der Waals surface area contributed by atoms with Gasteiger partial charge in [0.25, 0.3) is 0 Å². The van der Waals surface area contributed by atoms with Crippen molar-refractivity contribution in [1.29, 1.82) is 0 Å². The van der Waals surface area contributed by atoms with Crippen LogP contribution in [0.5, 0.6) is 5.75 Å². The summed E-state index contributed by atoms with van der Waals surface area (Å²) in [6.07, 6.45) is 7.06. The molecule has 1 fully saturated rings. The van der Waals surface area contributed by atoms with Crippen molar-refractivity contribution in [2.75, 3.05) is 6.54 Å². The Balaban J connectivity index is 1.89. The van der Waals surface area contributed by atoms with E-state index < -0.39 is 0 Å². The van der Waals surface area contributed by atoms with Crippen molar-refractivity contribution in [2.24, 2.45) is 5.41 Å². The molecule has 0 amide bonds. The van der Waals surface area contributed by atoms with E-state index in [9.17, 15) is 0 Å². The average molecular weight is 262 g/mol. The van der Waals surface area contributed by atoms with Crippen LogP contribution in [0.1, 0.15) is 52.1 Å². The van der Waals surface area contributed by atoms with E-state index in [1.807, 2.05) is 12.3 Å². The minimum Gasteiger partial charge on any atom is -0.490 e. The zero-order valence-corrected chi connectivity index (χ0v) is 12.4. The summed E-state index contributed by atoms with van der Waals surface area (Å²) in [5.74, 6) is 0.965. The maximum Gasteiger partial charge on any atom is 0.123 e. The average Bonchev–Trinajstić information content (AvgIpc) is 2.39. The second-order valence-corrected chi connectivity index (χ2v) is 6.24. The summed E-state index contributed by atoms with van der Waals surface area (Å²) in [5.41, 5.74) is 1.55. The van der Waals surface area contributed by atoms with Gasteiger partial charge in [0.15, 0.2) is 0 Å². The molecule has 0 atom stereocenters. The summed E-state index contributed by atoms with van der Waals surface area (Å²) in [6.45, 7) is 8.58. The molecule has 106 valence electrons. The van der Waals surface area contributed by atoms with Crippen LogP contribution in [0.2, 0.25) is 0 Å². The Kier molecular flexibility index (Phi) is 4.81. The molecular formula is C16H26N2O. The van der Waals surface area contributed by atoms with E-state index in [-0.39, 0.29) is 0 Å². The lowest BCUT2D eigenvalue weighted by Gasteiger charge is -2.34. The monoisotopic (exact) mass is 262 g/mol. The lowest BCUT2D eigenvalue weighted by molar-refractivity contribution is 0.0986. The third-order valence-corrected chi connectivity index (χ3v) is 3.93. The van der Waals surface area contributed by atoms with Gasteiger partial charge in [-0.05, 0) is 43.7 Å². The zero-order chi connectivity index (χ0) is 13.7. The minimum atomic E-state index is 0.377. The number of aromatic nitrogens is 1. The van der Waals surface area contributed by atoms with Gasteiger partial charge in [0, 0.05) is 18.8 Å². The molecular weight excluding hydrogens is 236 g/mol. The Bertz CT molecular complexity index is 393. The number of pyridine rings is 1. The Hall–Kier alpha value is -1.09. The highest BCUT2D eigenvalue weighted by Crippen LogP contribution is 2.36. The molecule has 0 radical (unpaired) electrons. The fourth-order valence-corrected chi connectivity index (χ4v) is 2.56. The fourth-order valence-electron chi connectivity index (χ4n) is 2.56. The van der Waals surface area contributed by atoms with Gasteiger partial charge in [0.05, 0.1) is 11.8 Å². The number of nitrogens with one attached hydrogen (secondary N) is 1. The minimum absolute atomic E-state index is 0.377. The van der Waals surface area contributed by atoms with Gasteiger partial charge in [-0.15, -0.1) is 0 Å². The van der Waals surface area contributed by atoms with E-state index in [0.717, 1.165) is 37.4 Å². The highest BCUT2D eigenvalue weighted by atomic mass is 16.5. The van der Waals surface area contributed by atoms with Crippen LogP contribution in [-0.4, -0.2) is 17.6 Å². The van der Waals surface area contributed by atoms with E-state index in [1.54, 1.807) is 0 Å². The first-order valence-corrected chi connectivity index (χ1v) is 7.41. The van der Waals surface area contributed by atoms with E-state index >= 15 is 0 Å². The summed E-state index contributed by atoms with van der Waals surface area (Å²) in [5, 5.41) is 3.29. The van der Waals surface area contributed by atoms with Gasteiger partial charge in [0.2, 0.25) is 0 Å². The van der Waals surface area contributed by atoms with Crippen molar-refractivity contribution >= 4 is 0 Å². The fraction of sp³-hybridized carbons (Fsp3) is 0.688. The van der Waals surface area contributed by atoms with Crippen LogP contribution in [0.15, 0.2) is 18.3 Å². The lowest BCUT2D eigenvalue weighted by Crippen LogP contribution is -2.28. The molecule has 1 N–H and O–H groups in total. The normalized spacial score (nSPS) is 19.3. The molecule has 19 heavy (non-hydrogen) atoms. The van der Waals surface area contributed by atoms with Gasteiger partial charge in [-0.3, -0.25) is 4.98 Å². The summed E-state index contributed by atoms with van der Waals surface area (Å²) in [6, 6.07) is 4.03. The molecule has 3 nitrogen and oxygen atoms in total. The third kappa shape index (κ3) is 4.50. The molecule has 1 heterocycles. The lowest BCUT2D eigenvalue weighted by atomic mass is 9.76. The van der Waals surface area contributed by atoms with Crippen LogP contribution in [0, 0.1) is 5.41 Å². The van der Waals surface area contributed by atoms with Crippen LogP contribution in [0.4, 0.5) is 0 Å². The maximum atomic E-state index is 6.10. The van der Waals surface area contributed by atoms with E-state index in [1.165, 1.54) is 12.8 Å². The van der Waals surface area contributed by atoms with Gasteiger partial charge in [-0.1, -0.05) is 20.8 Å². The molecule has 1 saturated carbocycles. The Morgan fingerprint density at radius 2 is 2.11 bits per heavy atom. The molecule has 1 aromatic heterocycles. The number of hydrogen-bond acceptors (Lipinski definition) is 3. The molecule has 0 aromatic carbocycles. The molecule has 3 heteroatoms. The van der Waals surface area contributed by atoms with Crippen LogP contribution >= 0.6 is 0 Å². The van der Waals surface area contributed by atoms with Gasteiger partial charge < -0.3 is 10.1 Å². The number of nitrogens with zero attached hydrogens (tertiary/aromatic N) is 1. The Morgan fingerprint density at radius 1 is 1.37 bits per heavy atom. The summed E-state index contributed by atoms with van der Waals surface area (Å²) in [4.78, 5) is 4.35. The van der Waals surface area contributed by atoms with Crippen LogP contribution in [0.25, 0.3) is 0 Å². The molecule has 1 aliphatic rings. The molecule has 0 spiro atoms. The van der Waals surface area contributed by atoms with E-state index in [2.05, 4.69) is 37.1 Å². The Labute approximate surface area is 116 Å². The second kappa shape index (κ2) is 6.38. The molecule has 1 aromatic rings. The van der Waals surface area contributed by atoms with Crippen LogP contribution < -0.4 is 10.1 Å². The SMILES string of the molecule is CCNCc1cc(OC2CCC(C)(C)CC2)ccn1. The smallest absolute Gasteiger partial charge is 0.123 e. The van der Waals surface area contributed by atoms with Gasteiger partial charge in [0.1, 0.15) is 5.75 Å². The van der Waals surface area contributed by atoms with E-state index in [0.29, 0.717) is 11.5 Å². The predicted molar refractivity (Wildman–Crippen MR) is 78.3 cm³/mol. The van der Waals surface area contributed by atoms with Crippen molar-refractivity contribution in [1.82, 2.24) is 10.3 Å². The number of ether oxygens (including phenoxy) is 1. The molecule has 2 rings (SSSR count). The molecule has 1 aliphatic carbocycles. The highest BCUT2D eigenvalue weighted by molar-refractivity contribution is 5.23. The van der Waals surface area contributed by atoms with Crippen molar-refractivity contribution in [3.63, 3.8) is 0 Å². The first-order valence-electron chi connectivity index (χ1n) is 7.41. The van der Waals surface area contributed by atoms with Crippen molar-refractivity contribution in [3.8, 4) is 5.75 Å². The number of hydrogen-bond donors (Lipinski definition) is 1. The molecule has 0 unspecified atom stereocenters. The second-order valence-electron chi connectivity index (χ2n) is 6.24. The van der Waals surface area contributed by atoms with Gasteiger partial charge in [-0.25, -0.2) is 0 Å². The zero-order valence-electron chi connectivity index (χ0n) is 12.4. The van der Waals surface area contributed by atoms with E-state index in [4.69, 9.17) is 4.74 Å².